The first kappa shape index (κ1) is 35.8. The van der Waals surface area contributed by atoms with E-state index in [-0.39, 0.29) is 11.6 Å². The highest BCUT2D eigenvalue weighted by Gasteiger charge is 2.47. The molecule has 1 unspecified atom stereocenters. The van der Waals surface area contributed by atoms with Gasteiger partial charge < -0.3 is 19.4 Å². The van der Waals surface area contributed by atoms with Crippen LogP contribution in [0.2, 0.25) is 0 Å². The summed E-state index contributed by atoms with van der Waals surface area (Å²) in [7, 11) is 0. The molecule has 0 spiro atoms. The lowest BCUT2D eigenvalue weighted by Gasteiger charge is -2.27. The van der Waals surface area contributed by atoms with Gasteiger partial charge in [-0.05, 0) is 64.4 Å². The molecular weight excluding hydrogens is 670 g/mol. The molecule has 10 nitrogen and oxygen atoms in total. The maximum Gasteiger partial charge on any atom is 0.416 e. The van der Waals surface area contributed by atoms with Gasteiger partial charge in [0.05, 0.1) is 35.1 Å². The number of benzene rings is 2. The lowest BCUT2D eigenvalue weighted by molar-refractivity contribution is -0.137. The number of amides is 2. The smallest absolute Gasteiger partial charge is 0.416 e. The molecule has 4 aromatic rings. The minimum atomic E-state index is -4.60. The Morgan fingerprint density at radius 2 is 1.76 bits per heavy atom. The van der Waals surface area contributed by atoms with E-state index in [1.807, 2.05) is 6.07 Å². The van der Waals surface area contributed by atoms with Crippen LogP contribution in [0.5, 0.6) is 0 Å². The van der Waals surface area contributed by atoms with Crippen LogP contribution in [-0.2, 0) is 33.6 Å². The molecule has 0 saturated carbocycles. The Hall–Kier alpha value is -5.46. The van der Waals surface area contributed by atoms with E-state index in [0.29, 0.717) is 17.2 Å². The Bertz CT molecular complexity index is 1980. The third-order valence-corrected chi connectivity index (χ3v) is 7.63. The van der Waals surface area contributed by atoms with Crippen LogP contribution in [0.15, 0.2) is 59.1 Å². The van der Waals surface area contributed by atoms with Crippen LogP contribution in [0.4, 0.5) is 36.8 Å². The minimum Gasteiger partial charge on any atom is -0.444 e. The van der Waals surface area contributed by atoms with Crippen molar-refractivity contribution in [3.8, 4) is 28.8 Å². The quantitative estimate of drug-likeness (QED) is 0.203. The summed E-state index contributed by atoms with van der Waals surface area (Å²) in [5, 5.41) is 19.2. The number of hydrogen-bond acceptors (Lipinski definition) is 8. The van der Waals surface area contributed by atoms with Crippen LogP contribution in [0, 0.1) is 17.1 Å². The lowest BCUT2D eigenvalue weighted by Crippen LogP contribution is -2.49. The number of carbonyl (C=O) groups is 2. The summed E-state index contributed by atoms with van der Waals surface area (Å²) >= 11 is 0. The normalized spacial score (nSPS) is 16.3. The summed E-state index contributed by atoms with van der Waals surface area (Å²) < 4.78 is 98.0. The van der Waals surface area contributed by atoms with Crippen molar-refractivity contribution in [2.24, 2.45) is 0 Å². The number of nitrogens with zero attached hydrogens (tertiary/aromatic N) is 5. The second-order valence-corrected chi connectivity index (χ2v) is 13.2. The summed E-state index contributed by atoms with van der Waals surface area (Å²) in [6, 6.07) is 9.13. The molecule has 0 bridgehead atoms. The molecule has 2 aromatic heterocycles. The summed E-state index contributed by atoms with van der Waals surface area (Å²) in [5.41, 5.74) is -4.29. The number of hydrogen-bond donors (Lipinski definition) is 1. The number of pyridine rings is 1. The number of nitriles is 1. The van der Waals surface area contributed by atoms with E-state index in [1.54, 1.807) is 20.8 Å². The first-order chi connectivity index (χ1) is 23.2. The monoisotopic (exact) mass is 700 g/mol. The number of aromatic nitrogens is 3. The van der Waals surface area contributed by atoms with E-state index in [0.717, 1.165) is 29.3 Å². The van der Waals surface area contributed by atoms with E-state index in [9.17, 15) is 28.0 Å². The Morgan fingerprint density at radius 3 is 2.38 bits per heavy atom. The summed E-state index contributed by atoms with van der Waals surface area (Å²) in [4.78, 5) is 31.6. The van der Waals surface area contributed by atoms with Crippen molar-refractivity contribution in [3.63, 3.8) is 0 Å². The maximum atomic E-state index is 15.9. The molecule has 0 saturated heterocycles. The van der Waals surface area contributed by atoms with E-state index >= 15 is 13.2 Å². The van der Waals surface area contributed by atoms with Gasteiger partial charge in [0.1, 0.15) is 22.9 Å². The fraction of sp³-hybridized carbons (Fsp3) is 0.353. The zero-order valence-electron chi connectivity index (χ0n) is 27.3. The highest BCUT2D eigenvalue weighted by Crippen LogP contribution is 2.45. The second-order valence-electron chi connectivity index (χ2n) is 13.2. The number of alkyl carbamates (subject to hydrolysis) is 1. The number of halogens is 6. The number of alkyl halides is 5. The fourth-order valence-corrected chi connectivity index (χ4v) is 5.09. The van der Waals surface area contributed by atoms with Gasteiger partial charge in [-0.15, -0.1) is 10.2 Å². The molecular formula is C34H30F6N6O4. The molecule has 0 fully saturated rings. The highest BCUT2D eigenvalue weighted by molar-refractivity contribution is 6.01. The number of rotatable bonds is 6. The molecule has 5 rings (SSSR count). The molecule has 2 aromatic carbocycles. The standard InChI is InChI=1S/C34H30F6N6O4/c1-31(2,3)50-30(48)43-25-15-33(36,37)22-14-23(35)21(27-44-45-29(49-27)32(4,5)17-41)13-26(22)46(28(25)47)16-18-6-8-19(9-7-18)24-12-20(10-11-42-24)34(38,39)40/h6-14,25H,15-16H2,1-5H3,(H,43,48). The lowest BCUT2D eigenvalue weighted by atomic mass is 9.96. The van der Waals surface area contributed by atoms with E-state index < -0.39 is 88.2 Å². The molecule has 0 aliphatic carbocycles. The van der Waals surface area contributed by atoms with Crippen LogP contribution >= 0.6 is 0 Å². The minimum absolute atomic E-state index is 0.0162. The second kappa shape index (κ2) is 12.8. The van der Waals surface area contributed by atoms with E-state index in [1.165, 1.54) is 38.1 Å². The molecule has 1 aliphatic rings. The molecule has 16 heteroatoms. The molecule has 0 radical (unpaired) electrons. The van der Waals surface area contributed by atoms with Crippen LogP contribution in [-0.4, -0.2) is 38.8 Å². The van der Waals surface area contributed by atoms with Gasteiger partial charge in [-0.1, -0.05) is 24.3 Å². The van der Waals surface area contributed by atoms with Gasteiger partial charge in [0.25, 0.3) is 11.8 Å². The van der Waals surface area contributed by atoms with Gasteiger partial charge in [-0.2, -0.15) is 18.4 Å². The van der Waals surface area contributed by atoms with Crippen LogP contribution < -0.4 is 10.2 Å². The third-order valence-electron chi connectivity index (χ3n) is 7.63. The predicted molar refractivity (Wildman–Crippen MR) is 166 cm³/mol. The van der Waals surface area contributed by atoms with Crippen molar-refractivity contribution in [2.45, 2.75) is 76.7 Å². The SMILES string of the molecule is CC(C)(C)OC(=O)NC1CC(F)(F)c2cc(F)c(-c3nnc(C(C)(C)C#N)o3)cc2N(Cc2ccc(-c3cc(C(F)(F)F)ccn3)cc2)C1=O. The predicted octanol–water partition coefficient (Wildman–Crippen LogP) is 7.68. The first-order valence-electron chi connectivity index (χ1n) is 15.1. The van der Waals surface area contributed by atoms with Gasteiger partial charge in [-0.25, -0.2) is 18.0 Å². The van der Waals surface area contributed by atoms with Crippen molar-refractivity contribution in [2.75, 3.05) is 4.90 Å². The average molecular weight is 701 g/mol. The molecule has 1 atom stereocenters. The molecule has 50 heavy (non-hydrogen) atoms. The highest BCUT2D eigenvalue weighted by atomic mass is 19.4. The average Bonchev–Trinajstić information content (AvgIpc) is 3.51. The summed E-state index contributed by atoms with van der Waals surface area (Å²) in [5.74, 6) is -6.64. The Kier molecular flexibility index (Phi) is 9.16. The fourth-order valence-electron chi connectivity index (χ4n) is 5.09. The first-order valence-corrected chi connectivity index (χ1v) is 15.1. The molecule has 3 heterocycles. The number of carbonyl (C=O) groups excluding carboxylic acids is 2. The topological polar surface area (TPSA) is 134 Å². The molecule has 1 aliphatic heterocycles. The largest absolute Gasteiger partial charge is 0.444 e. The Labute approximate surface area is 282 Å². The number of ether oxygens (including phenoxy) is 1. The van der Waals surface area contributed by atoms with Crippen molar-refractivity contribution in [3.05, 3.63) is 83.1 Å². The Morgan fingerprint density at radius 1 is 1.08 bits per heavy atom. The van der Waals surface area contributed by atoms with Crippen molar-refractivity contribution in [1.29, 1.82) is 5.26 Å². The van der Waals surface area contributed by atoms with Gasteiger partial charge in [0, 0.05) is 23.7 Å². The van der Waals surface area contributed by atoms with Crippen molar-refractivity contribution < 1.29 is 45.1 Å². The van der Waals surface area contributed by atoms with Crippen LogP contribution in [0.25, 0.3) is 22.7 Å². The van der Waals surface area contributed by atoms with Crippen LogP contribution in [0.1, 0.15) is 63.6 Å². The number of fused-ring (bicyclic) bond motifs is 1. The number of anilines is 1. The van der Waals surface area contributed by atoms with Crippen LogP contribution in [0.3, 0.4) is 0 Å². The zero-order valence-corrected chi connectivity index (χ0v) is 27.3. The Balaban J connectivity index is 1.58. The van der Waals surface area contributed by atoms with E-state index in [4.69, 9.17) is 9.15 Å². The van der Waals surface area contributed by atoms with Gasteiger partial charge in [0.2, 0.25) is 11.8 Å². The number of nitrogens with one attached hydrogen (secondary N) is 1. The molecule has 2 amide bonds. The third kappa shape index (κ3) is 7.56. The van der Waals surface area contributed by atoms with Gasteiger partial charge in [0.15, 0.2) is 0 Å². The molecule has 262 valence electrons. The summed E-state index contributed by atoms with van der Waals surface area (Å²) in [6.07, 6.45) is -5.96. The van der Waals surface area contributed by atoms with Crippen molar-refractivity contribution in [1.82, 2.24) is 20.5 Å². The van der Waals surface area contributed by atoms with Gasteiger partial charge in [-0.3, -0.25) is 9.78 Å². The summed E-state index contributed by atoms with van der Waals surface area (Å²) in [6.45, 7) is 7.19. The zero-order chi connectivity index (χ0) is 36.8. The molecule has 1 N–H and O–H groups in total. The van der Waals surface area contributed by atoms with Gasteiger partial charge >= 0.3 is 12.3 Å². The maximum absolute atomic E-state index is 15.9. The van der Waals surface area contributed by atoms with Crippen molar-refractivity contribution >= 4 is 17.7 Å². The van der Waals surface area contributed by atoms with E-state index in [2.05, 4.69) is 20.5 Å².